The van der Waals surface area contributed by atoms with E-state index in [1.165, 1.54) is 0 Å². The molecule has 3 unspecified atom stereocenters. The molecule has 3 atom stereocenters. The van der Waals surface area contributed by atoms with Gasteiger partial charge in [0.2, 0.25) is 5.91 Å². The Morgan fingerprint density at radius 2 is 1.95 bits per heavy atom. The van der Waals surface area contributed by atoms with Crippen molar-refractivity contribution >= 4 is 33.4 Å². The monoisotopic (exact) mass is 602 g/mol. The first kappa shape index (κ1) is 29.7. The number of fused-ring (bicyclic) bond motifs is 1. The first-order chi connectivity index (χ1) is 21.0. The van der Waals surface area contributed by atoms with Crippen molar-refractivity contribution in [3.63, 3.8) is 0 Å². The highest BCUT2D eigenvalue weighted by atomic mass is 32.1. The number of benzene rings is 2. The summed E-state index contributed by atoms with van der Waals surface area (Å²) in [5.41, 5.74) is 11.8. The van der Waals surface area contributed by atoms with Gasteiger partial charge in [-0.25, -0.2) is 9.97 Å². The molecule has 2 aliphatic rings. The summed E-state index contributed by atoms with van der Waals surface area (Å²) in [5, 5.41) is 12.9. The number of hydrogen-bond acceptors (Lipinski definition) is 8. The van der Waals surface area contributed by atoms with Crippen molar-refractivity contribution in [3.05, 3.63) is 65.3 Å². The number of nitrogens with two attached hydrogens (primary N) is 1. The number of ether oxygens (including phenoxy) is 1. The molecular weight excluding hydrogens is 560 g/mol. The molecule has 2 aromatic carbocycles. The molecule has 2 aromatic heterocycles. The number of aryl methyl sites for hydroxylation is 1. The summed E-state index contributed by atoms with van der Waals surface area (Å²) in [5.74, 6) is 1.40. The third kappa shape index (κ3) is 6.93. The van der Waals surface area contributed by atoms with E-state index in [1.807, 2.05) is 11.0 Å². The van der Waals surface area contributed by atoms with Gasteiger partial charge in [0.25, 0.3) is 0 Å². The molecule has 10 heteroatoms. The smallest absolute Gasteiger partial charge is 0.224 e. The van der Waals surface area contributed by atoms with Gasteiger partial charge in [-0.15, -0.1) is 11.3 Å². The lowest BCUT2D eigenvalue weighted by molar-refractivity contribution is -0.132. The number of para-hydroxylation sites is 2. The van der Waals surface area contributed by atoms with Crippen molar-refractivity contribution in [1.29, 1.82) is 0 Å². The van der Waals surface area contributed by atoms with E-state index in [4.69, 9.17) is 20.4 Å². The third-order valence-corrected chi connectivity index (χ3v) is 9.57. The van der Waals surface area contributed by atoms with Gasteiger partial charge in [-0.3, -0.25) is 4.79 Å². The number of piperidine rings is 1. The van der Waals surface area contributed by atoms with E-state index in [0.717, 1.165) is 84.1 Å². The number of methoxy groups -OCH3 is 1. The van der Waals surface area contributed by atoms with Gasteiger partial charge in [-0.2, -0.15) is 0 Å². The minimum absolute atomic E-state index is 0.123. The summed E-state index contributed by atoms with van der Waals surface area (Å²) in [7, 11) is 1.73. The van der Waals surface area contributed by atoms with Gasteiger partial charge in [0.15, 0.2) is 5.13 Å². The van der Waals surface area contributed by atoms with Crippen LogP contribution in [-0.4, -0.2) is 82.5 Å². The SMILES string of the molecule is COCCCn1c(C2CCCN(C(=O)CC(N)Cc3ccc(-c4csc(N5CCC(O)C5)n4)cc3)C2)nc2ccccc21. The summed E-state index contributed by atoms with van der Waals surface area (Å²) in [6.07, 6.45) is 4.41. The van der Waals surface area contributed by atoms with Gasteiger partial charge in [-0.1, -0.05) is 36.4 Å². The maximum absolute atomic E-state index is 13.4. The van der Waals surface area contributed by atoms with Crippen molar-refractivity contribution in [2.75, 3.05) is 44.8 Å². The van der Waals surface area contributed by atoms with Gasteiger partial charge in [0, 0.05) is 75.8 Å². The van der Waals surface area contributed by atoms with E-state index in [9.17, 15) is 9.90 Å². The first-order valence-electron chi connectivity index (χ1n) is 15.4. The van der Waals surface area contributed by atoms with Crippen molar-refractivity contribution in [1.82, 2.24) is 19.4 Å². The maximum atomic E-state index is 13.4. The molecule has 2 fully saturated rings. The largest absolute Gasteiger partial charge is 0.391 e. The molecule has 0 radical (unpaired) electrons. The number of nitrogens with zero attached hydrogens (tertiary/aromatic N) is 5. The molecule has 4 aromatic rings. The van der Waals surface area contributed by atoms with E-state index < -0.39 is 0 Å². The average Bonchev–Trinajstić information content (AvgIpc) is 3.77. The Hall–Kier alpha value is -3.31. The van der Waals surface area contributed by atoms with Crippen molar-refractivity contribution < 1.29 is 14.6 Å². The quantitative estimate of drug-likeness (QED) is 0.245. The second-order valence-electron chi connectivity index (χ2n) is 11.9. The van der Waals surface area contributed by atoms with Crippen molar-refractivity contribution in [3.8, 4) is 11.3 Å². The third-order valence-electron chi connectivity index (χ3n) is 8.66. The molecule has 43 heavy (non-hydrogen) atoms. The molecule has 2 aliphatic heterocycles. The van der Waals surface area contributed by atoms with Crippen LogP contribution in [0, 0.1) is 0 Å². The summed E-state index contributed by atoms with van der Waals surface area (Å²) in [6.45, 7) is 4.50. The van der Waals surface area contributed by atoms with Gasteiger partial charge in [0.05, 0.1) is 22.8 Å². The Morgan fingerprint density at radius 1 is 1.12 bits per heavy atom. The number of β-amino-alcohol motifs (C(OH)–C–C–N with tert-alkyl or cyclic N) is 1. The molecule has 2 saturated heterocycles. The number of thiazole rings is 1. The Balaban J connectivity index is 1.05. The molecule has 1 amide bonds. The summed E-state index contributed by atoms with van der Waals surface area (Å²) >= 11 is 1.61. The van der Waals surface area contributed by atoms with Gasteiger partial charge in [-0.05, 0) is 49.8 Å². The van der Waals surface area contributed by atoms with Crippen LogP contribution in [0.4, 0.5) is 5.13 Å². The predicted molar refractivity (Wildman–Crippen MR) is 171 cm³/mol. The number of amides is 1. The number of aliphatic hydroxyl groups is 1. The highest BCUT2D eigenvalue weighted by molar-refractivity contribution is 7.14. The fraction of sp³-hybridized carbons (Fsp3) is 0.485. The minimum atomic E-state index is -0.264. The number of imidazole rings is 1. The fourth-order valence-electron chi connectivity index (χ4n) is 6.42. The Kier molecular flexibility index (Phi) is 9.37. The van der Waals surface area contributed by atoms with Crippen LogP contribution >= 0.6 is 11.3 Å². The summed E-state index contributed by atoms with van der Waals surface area (Å²) in [6, 6.07) is 16.4. The van der Waals surface area contributed by atoms with Crippen LogP contribution < -0.4 is 10.6 Å². The van der Waals surface area contributed by atoms with Crippen molar-refractivity contribution in [2.24, 2.45) is 5.73 Å². The van der Waals surface area contributed by atoms with Crippen LogP contribution in [0.1, 0.15) is 49.4 Å². The average molecular weight is 603 g/mol. The van der Waals surface area contributed by atoms with E-state index in [0.29, 0.717) is 32.5 Å². The normalized spacial score (nSPS) is 19.8. The molecule has 228 valence electrons. The lowest BCUT2D eigenvalue weighted by Crippen LogP contribution is -2.42. The molecule has 4 heterocycles. The van der Waals surface area contributed by atoms with Crippen LogP contribution in [0.25, 0.3) is 22.3 Å². The Morgan fingerprint density at radius 3 is 2.74 bits per heavy atom. The topological polar surface area (TPSA) is 110 Å². The van der Waals surface area contributed by atoms with E-state index in [2.05, 4.69) is 57.3 Å². The molecular formula is C33H42N6O3S. The van der Waals surface area contributed by atoms with E-state index >= 15 is 0 Å². The number of hydrogen-bond donors (Lipinski definition) is 2. The van der Waals surface area contributed by atoms with E-state index in [-0.39, 0.29) is 24.0 Å². The Labute approximate surface area is 257 Å². The second-order valence-corrected chi connectivity index (χ2v) is 12.7. The van der Waals surface area contributed by atoms with Crippen molar-refractivity contribution in [2.45, 2.75) is 63.1 Å². The molecule has 3 N–H and O–H groups in total. The number of carbonyl (C=O) groups is 1. The van der Waals surface area contributed by atoms with Gasteiger partial charge < -0.3 is 29.9 Å². The maximum Gasteiger partial charge on any atom is 0.224 e. The second kappa shape index (κ2) is 13.5. The first-order valence-corrected chi connectivity index (χ1v) is 16.3. The standard InChI is InChI=1S/C33H42N6O3S/c1-42-17-5-15-39-30-8-3-2-7-28(30)35-32(39)25-6-4-14-37(20-25)31(41)19-26(34)18-23-9-11-24(12-10-23)29-22-43-33(36-29)38-16-13-27(40)21-38/h2-3,7-12,22,25-27,40H,4-6,13-21,34H2,1H3. The van der Waals surface area contributed by atoms with Gasteiger partial charge >= 0.3 is 0 Å². The lowest BCUT2D eigenvalue weighted by atomic mass is 9.95. The van der Waals surface area contributed by atoms with Crippen LogP contribution in [0.5, 0.6) is 0 Å². The number of carbonyl (C=O) groups excluding carboxylic acids is 1. The van der Waals surface area contributed by atoms with Crippen LogP contribution in [0.15, 0.2) is 53.9 Å². The number of aliphatic hydroxyl groups excluding tert-OH is 1. The highest BCUT2D eigenvalue weighted by Crippen LogP contribution is 2.31. The zero-order valence-corrected chi connectivity index (χ0v) is 25.7. The van der Waals surface area contributed by atoms with Gasteiger partial charge in [0.1, 0.15) is 5.82 Å². The predicted octanol–water partition coefficient (Wildman–Crippen LogP) is 4.43. The van der Waals surface area contributed by atoms with Crippen LogP contribution in [0.2, 0.25) is 0 Å². The molecule has 9 nitrogen and oxygen atoms in total. The lowest BCUT2D eigenvalue weighted by Gasteiger charge is -2.33. The van der Waals surface area contributed by atoms with Crippen LogP contribution in [0.3, 0.4) is 0 Å². The summed E-state index contributed by atoms with van der Waals surface area (Å²) < 4.78 is 7.63. The molecule has 0 aliphatic carbocycles. The number of aromatic nitrogens is 3. The zero-order chi connectivity index (χ0) is 29.8. The number of rotatable bonds is 11. The molecule has 0 bridgehead atoms. The molecule has 6 rings (SSSR count). The molecule has 0 saturated carbocycles. The molecule has 0 spiro atoms. The van der Waals surface area contributed by atoms with E-state index in [1.54, 1.807) is 18.4 Å². The number of likely N-dealkylation sites (tertiary alicyclic amines) is 1. The summed E-state index contributed by atoms with van der Waals surface area (Å²) in [4.78, 5) is 27.3. The minimum Gasteiger partial charge on any atom is -0.391 e. The highest BCUT2D eigenvalue weighted by Gasteiger charge is 2.29. The number of anilines is 1. The Bertz CT molecular complexity index is 1520. The fourth-order valence-corrected chi connectivity index (χ4v) is 7.29. The zero-order valence-electron chi connectivity index (χ0n) is 24.9. The van der Waals surface area contributed by atoms with Crippen LogP contribution in [-0.2, 0) is 22.5 Å².